The molecule has 0 spiro atoms. The molecule has 0 aromatic heterocycles. The van der Waals surface area contributed by atoms with Gasteiger partial charge in [0.2, 0.25) is 5.91 Å². The molecule has 0 fully saturated rings. The van der Waals surface area contributed by atoms with Crippen molar-refractivity contribution in [2.75, 3.05) is 27.7 Å². The average Bonchev–Trinajstić information content (AvgIpc) is 2.63. The largest absolute Gasteiger partial charge is 0.497 e. The summed E-state index contributed by atoms with van der Waals surface area (Å²) in [7, 11) is 5.73. The zero-order valence-corrected chi connectivity index (χ0v) is 16.5. The van der Waals surface area contributed by atoms with Crippen molar-refractivity contribution >= 4 is 5.91 Å². The van der Waals surface area contributed by atoms with E-state index in [0.29, 0.717) is 13.0 Å². The van der Waals surface area contributed by atoms with Crippen molar-refractivity contribution in [2.24, 2.45) is 0 Å². The molecule has 2 aromatic carbocycles. The molecular formula is C22H30N2O2. The van der Waals surface area contributed by atoms with E-state index in [0.717, 1.165) is 11.3 Å². The summed E-state index contributed by atoms with van der Waals surface area (Å²) in [5.41, 5.74) is 3.59. The van der Waals surface area contributed by atoms with Gasteiger partial charge in [-0.1, -0.05) is 48.9 Å². The Balaban J connectivity index is 1.91. The van der Waals surface area contributed by atoms with Crippen LogP contribution in [0, 0.1) is 6.92 Å². The predicted octanol–water partition coefficient (Wildman–Crippen LogP) is 3.92. The van der Waals surface area contributed by atoms with Gasteiger partial charge in [0.15, 0.2) is 0 Å². The van der Waals surface area contributed by atoms with Crippen LogP contribution < -0.4 is 10.1 Å². The van der Waals surface area contributed by atoms with E-state index in [1.807, 2.05) is 38.4 Å². The summed E-state index contributed by atoms with van der Waals surface area (Å²) in [6.07, 6.45) is 0.473. The number of rotatable bonds is 8. The highest BCUT2D eigenvalue weighted by Gasteiger charge is 2.17. The second-order valence-corrected chi connectivity index (χ2v) is 7.07. The number of ether oxygens (including phenoxy) is 1. The van der Waals surface area contributed by atoms with Gasteiger partial charge < -0.3 is 15.0 Å². The number of amides is 1. The minimum absolute atomic E-state index is 0.0762. The van der Waals surface area contributed by atoms with Crippen LogP contribution in [0.25, 0.3) is 0 Å². The van der Waals surface area contributed by atoms with Gasteiger partial charge in [0.25, 0.3) is 0 Å². The third-order valence-corrected chi connectivity index (χ3v) is 4.75. The third-order valence-electron chi connectivity index (χ3n) is 4.75. The standard InChI is InChI=1S/C22H30N2O2/c1-16-6-8-19(9-7-16)21(24(3)4)15-23-22(25)14-17(2)18-10-12-20(26-5)13-11-18/h6-13,17,21H,14-15H2,1-5H3,(H,23,25). The molecule has 0 bridgehead atoms. The van der Waals surface area contributed by atoms with Crippen LogP contribution in [0.5, 0.6) is 5.75 Å². The zero-order valence-electron chi connectivity index (χ0n) is 16.5. The maximum Gasteiger partial charge on any atom is 0.220 e. The first-order valence-corrected chi connectivity index (χ1v) is 9.04. The number of aryl methyl sites for hydroxylation is 1. The van der Waals surface area contributed by atoms with E-state index in [2.05, 4.69) is 48.3 Å². The average molecular weight is 354 g/mol. The number of nitrogens with one attached hydrogen (secondary N) is 1. The van der Waals surface area contributed by atoms with Crippen LogP contribution >= 0.6 is 0 Å². The fourth-order valence-corrected chi connectivity index (χ4v) is 3.00. The third kappa shape index (κ3) is 5.60. The van der Waals surface area contributed by atoms with Crippen LogP contribution in [0.2, 0.25) is 0 Å². The number of hydrogen-bond donors (Lipinski definition) is 1. The second kappa shape index (κ2) is 9.39. The minimum atomic E-state index is 0.0762. The Morgan fingerprint density at radius 1 is 1.04 bits per heavy atom. The van der Waals surface area contributed by atoms with Gasteiger partial charge in [-0.05, 0) is 50.2 Å². The number of nitrogens with zero attached hydrogens (tertiary/aromatic N) is 1. The monoisotopic (exact) mass is 354 g/mol. The molecule has 2 unspecified atom stereocenters. The lowest BCUT2D eigenvalue weighted by Crippen LogP contribution is -2.35. The van der Waals surface area contributed by atoms with Crippen LogP contribution in [0.4, 0.5) is 0 Å². The number of carbonyl (C=O) groups is 1. The van der Waals surface area contributed by atoms with Crippen LogP contribution in [-0.4, -0.2) is 38.6 Å². The summed E-state index contributed by atoms with van der Waals surface area (Å²) in [6.45, 7) is 4.76. The van der Waals surface area contributed by atoms with Gasteiger partial charge in [-0.25, -0.2) is 0 Å². The minimum Gasteiger partial charge on any atom is -0.497 e. The lowest BCUT2D eigenvalue weighted by atomic mass is 9.97. The fraction of sp³-hybridized carbons (Fsp3) is 0.409. The molecule has 4 nitrogen and oxygen atoms in total. The van der Waals surface area contributed by atoms with Crippen molar-refractivity contribution in [3.8, 4) is 5.75 Å². The molecule has 1 N–H and O–H groups in total. The maximum absolute atomic E-state index is 12.4. The maximum atomic E-state index is 12.4. The molecule has 1 amide bonds. The molecule has 2 atom stereocenters. The van der Waals surface area contributed by atoms with Gasteiger partial charge in [-0.15, -0.1) is 0 Å². The molecule has 0 saturated carbocycles. The molecular weight excluding hydrogens is 324 g/mol. The zero-order chi connectivity index (χ0) is 19.1. The van der Waals surface area contributed by atoms with E-state index in [9.17, 15) is 4.79 Å². The van der Waals surface area contributed by atoms with Gasteiger partial charge in [0, 0.05) is 13.0 Å². The summed E-state index contributed by atoms with van der Waals surface area (Å²) in [4.78, 5) is 14.5. The molecule has 0 aliphatic carbocycles. The van der Waals surface area contributed by atoms with Crippen LogP contribution in [0.15, 0.2) is 48.5 Å². The summed E-state index contributed by atoms with van der Waals surface area (Å²) < 4.78 is 5.18. The molecule has 0 aliphatic rings. The second-order valence-electron chi connectivity index (χ2n) is 7.07. The van der Waals surface area contributed by atoms with E-state index in [-0.39, 0.29) is 17.9 Å². The van der Waals surface area contributed by atoms with Crippen LogP contribution in [-0.2, 0) is 4.79 Å². The van der Waals surface area contributed by atoms with Crippen molar-refractivity contribution in [2.45, 2.75) is 32.2 Å². The van der Waals surface area contributed by atoms with Crippen molar-refractivity contribution in [1.29, 1.82) is 0 Å². The smallest absolute Gasteiger partial charge is 0.220 e. The van der Waals surface area contributed by atoms with E-state index >= 15 is 0 Å². The molecule has 2 rings (SSSR count). The molecule has 0 aliphatic heterocycles. The first-order chi connectivity index (χ1) is 12.4. The van der Waals surface area contributed by atoms with Gasteiger partial charge in [-0.3, -0.25) is 4.79 Å². The van der Waals surface area contributed by atoms with Crippen molar-refractivity contribution in [3.05, 3.63) is 65.2 Å². The molecule has 4 heteroatoms. The molecule has 0 heterocycles. The number of carbonyl (C=O) groups excluding carboxylic acids is 1. The van der Waals surface area contributed by atoms with Crippen molar-refractivity contribution < 1.29 is 9.53 Å². The van der Waals surface area contributed by atoms with Gasteiger partial charge in [0.1, 0.15) is 5.75 Å². The van der Waals surface area contributed by atoms with Gasteiger partial charge >= 0.3 is 0 Å². The van der Waals surface area contributed by atoms with Crippen molar-refractivity contribution in [1.82, 2.24) is 10.2 Å². The molecule has 2 aromatic rings. The molecule has 0 saturated heterocycles. The Morgan fingerprint density at radius 3 is 2.15 bits per heavy atom. The quantitative estimate of drug-likeness (QED) is 0.781. The Hall–Kier alpha value is -2.33. The molecule has 0 radical (unpaired) electrons. The Bertz CT molecular complexity index is 693. The van der Waals surface area contributed by atoms with Crippen LogP contribution in [0.3, 0.4) is 0 Å². The van der Waals surface area contributed by atoms with Crippen LogP contribution in [0.1, 0.15) is 42.0 Å². The Kier molecular flexibility index (Phi) is 7.22. The summed E-state index contributed by atoms with van der Waals surface area (Å²) in [5, 5.41) is 3.10. The van der Waals surface area contributed by atoms with Gasteiger partial charge in [0.05, 0.1) is 13.2 Å². The fourth-order valence-electron chi connectivity index (χ4n) is 3.00. The number of likely N-dealkylation sites (N-methyl/N-ethyl adjacent to an activating group) is 1. The number of methoxy groups -OCH3 is 1. The Labute approximate surface area is 157 Å². The first kappa shape index (κ1) is 20.0. The summed E-state index contributed by atoms with van der Waals surface area (Å²) in [6, 6.07) is 16.6. The highest BCUT2D eigenvalue weighted by Crippen LogP contribution is 2.22. The van der Waals surface area contributed by atoms with E-state index in [1.54, 1.807) is 7.11 Å². The Morgan fingerprint density at radius 2 is 1.62 bits per heavy atom. The van der Waals surface area contributed by atoms with E-state index in [1.165, 1.54) is 11.1 Å². The highest BCUT2D eigenvalue weighted by molar-refractivity contribution is 5.76. The van der Waals surface area contributed by atoms with Gasteiger partial charge in [-0.2, -0.15) is 0 Å². The van der Waals surface area contributed by atoms with Crippen molar-refractivity contribution in [3.63, 3.8) is 0 Å². The molecule has 26 heavy (non-hydrogen) atoms. The summed E-state index contributed by atoms with van der Waals surface area (Å²) >= 11 is 0. The SMILES string of the molecule is COc1ccc(C(C)CC(=O)NCC(c2ccc(C)cc2)N(C)C)cc1. The number of hydrogen-bond acceptors (Lipinski definition) is 3. The normalized spacial score (nSPS) is 13.3. The predicted molar refractivity (Wildman–Crippen MR) is 107 cm³/mol. The first-order valence-electron chi connectivity index (χ1n) is 9.04. The number of benzene rings is 2. The molecule has 140 valence electrons. The lowest BCUT2D eigenvalue weighted by Gasteiger charge is -2.25. The van der Waals surface area contributed by atoms with E-state index < -0.39 is 0 Å². The lowest BCUT2D eigenvalue weighted by molar-refractivity contribution is -0.121. The highest BCUT2D eigenvalue weighted by atomic mass is 16.5. The summed E-state index contributed by atoms with van der Waals surface area (Å²) in [5.74, 6) is 1.07. The van der Waals surface area contributed by atoms with E-state index in [4.69, 9.17) is 4.74 Å². The topological polar surface area (TPSA) is 41.6 Å².